The predicted octanol–water partition coefficient (Wildman–Crippen LogP) is 5.91. The summed E-state index contributed by atoms with van der Waals surface area (Å²) in [6.45, 7) is 0. The maximum absolute atomic E-state index is 12.8. The monoisotopic (exact) mass is 407 g/mol. The first-order valence-electron chi connectivity index (χ1n) is 8.58. The number of nitrogens with one attached hydrogen (secondary N) is 2. The van der Waals surface area contributed by atoms with Crippen molar-refractivity contribution in [2.24, 2.45) is 5.10 Å². The number of nitrogens with zero attached hydrogens (tertiary/aromatic N) is 1. The van der Waals surface area contributed by atoms with Gasteiger partial charge in [-0.2, -0.15) is 5.10 Å². The number of carbonyl (C=O) groups is 1. The van der Waals surface area contributed by atoms with Crippen LogP contribution in [0.3, 0.4) is 0 Å². The van der Waals surface area contributed by atoms with Crippen LogP contribution in [0.25, 0.3) is 22.0 Å². The molecule has 0 aliphatic carbocycles. The number of aromatic amines is 1. The smallest absolute Gasteiger partial charge is 0.288 e. The van der Waals surface area contributed by atoms with E-state index in [9.17, 15) is 4.79 Å². The highest BCUT2D eigenvalue weighted by atomic mass is 35.5. The largest absolute Gasteiger partial charge is 0.349 e. The third-order valence-corrected chi connectivity index (χ3v) is 4.89. The fourth-order valence-corrected chi connectivity index (χ4v) is 3.37. The van der Waals surface area contributed by atoms with Crippen molar-refractivity contribution in [3.05, 3.63) is 94.1 Å². The number of para-hydroxylation sites is 1. The molecule has 0 bridgehead atoms. The van der Waals surface area contributed by atoms with Gasteiger partial charge in [-0.3, -0.25) is 4.79 Å². The second kappa shape index (κ2) is 7.89. The van der Waals surface area contributed by atoms with Gasteiger partial charge in [0.2, 0.25) is 0 Å². The van der Waals surface area contributed by atoms with Crippen molar-refractivity contribution in [3.63, 3.8) is 0 Å². The van der Waals surface area contributed by atoms with Crippen LogP contribution < -0.4 is 5.43 Å². The number of hydrazone groups is 1. The normalized spacial score (nSPS) is 11.2. The van der Waals surface area contributed by atoms with Crippen molar-refractivity contribution < 1.29 is 4.79 Å². The van der Waals surface area contributed by atoms with Gasteiger partial charge < -0.3 is 4.98 Å². The average molecular weight is 408 g/mol. The molecule has 4 rings (SSSR count). The van der Waals surface area contributed by atoms with Gasteiger partial charge in [0.25, 0.3) is 5.91 Å². The van der Waals surface area contributed by atoms with Gasteiger partial charge >= 0.3 is 0 Å². The third kappa shape index (κ3) is 3.65. The van der Waals surface area contributed by atoms with Crippen LogP contribution in [0.2, 0.25) is 10.0 Å². The van der Waals surface area contributed by atoms with Gasteiger partial charge in [-0.25, -0.2) is 5.43 Å². The molecule has 6 heteroatoms. The number of carbonyl (C=O) groups excluding carboxylic acids is 1. The zero-order valence-corrected chi connectivity index (χ0v) is 16.1. The van der Waals surface area contributed by atoms with Crippen molar-refractivity contribution in [2.45, 2.75) is 0 Å². The molecule has 3 aromatic carbocycles. The van der Waals surface area contributed by atoms with Crippen molar-refractivity contribution in [1.29, 1.82) is 0 Å². The standard InChI is InChI=1S/C22H15Cl2N3O/c23-16-11-9-14(10-12-16)13-25-27-22(28)21-19(15-5-2-1-3-6-15)17-7-4-8-18(24)20(17)26-21/h1-13,26H,(H,27,28). The fraction of sp³-hybridized carbons (Fsp3) is 0. The summed E-state index contributed by atoms with van der Waals surface area (Å²) < 4.78 is 0. The maximum atomic E-state index is 12.8. The zero-order valence-electron chi connectivity index (χ0n) is 14.6. The van der Waals surface area contributed by atoms with E-state index in [4.69, 9.17) is 23.2 Å². The quantitative estimate of drug-likeness (QED) is 0.320. The number of rotatable bonds is 4. The number of halogens is 2. The lowest BCUT2D eigenvalue weighted by Gasteiger charge is -2.04. The van der Waals surface area contributed by atoms with Crippen LogP contribution in [-0.4, -0.2) is 17.1 Å². The van der Waals surface area contributed by atoms with Crippen molar-refractivity contribution >= 4 is 46.2 Å². The second-order valence-corrected chi connectivity index (χ2v) is 7.00. The summed E-state index contributed by atoms with van der Waals surface area (Å²) in [5.41, 5.74) is 6.23. The van der Waals surface area contributed by atoms with Crippen LogP contribution in [-0.2, 0) is 0 Å². The molecule has 1 amide bonds. The Balaban J connectivity index is 1.70. The average Bonchev–Trinajstić information content (AvgIpc) is 3.11. The molecule has 0 radical (unpaired) electrons. The minimum atomic E-state index is -0.351. The van der Waals surface area contributed by atoms with E-state index in [1.54, 1.807) is 24.4 Å². The van der Waals surface area contributed by atoms with Crippen LogP contribution in [0, 0.1) is 0 Å². The molecule has 0 atom stereocenters. The van der Waals surface area contributed by atoms with E-state index >= 15 is 0 Å². The topological polar surface area (TPSA) is 57.2 Å². The summed E-state index contributed by atoms with van der Waals surface area (Å²) in [7, 11) is 0. The molecule has 28 heavy (non-hydrogen) atoms. The molecule has 0 saturated heterocycles. The Morgan fingerprint density at radius 1 is 0.929 bits per heavy atom. The third-order valence-electron chi connectivity index (χ3n) is 4.32. The Kier molecular flexibility index (Phi) is 5.15. The van der Waals surface area contributed by atoms with E-state index in [2.05, 4.69) is 15.5 Å². The highest BCUT2D eigenvalue weighted by molar-refractivity contribution is 6.36. The minimum Gasteiger partial charge on any atom is -0.349 e. The fourth-order valence-electron chi connectivity index (χ4n) is 3.03. The van der Waals surface area contributed by atoms with Crippen LogP contribution in [0.5, 0.6) is 0 Å². The van der Waals surface area contributed by atoms with E-state index in [0.29, 0.717) is 15.7 Å². The van der Waals surface area contributed by atoms with Crippen molar-refractivity contribution in [2.75, 3.05) is 0 Å². The van der Waals surface area contributed by atoms with E-state index in [-0.39, 0.29) is 5.91 Å². The number of hydrogen-bond acceptors (Lipinski definition) is 2. The van der Waals surface area contributed by atoms with Gasteiger partial charge in [0.05, 0.1) is 16.8 Å². The first-order chi connectivity index (χ1) is 13.6. The van der Waals surface area contributed by atoms with Crippen LogP contribution >= 0.6 is 23.2 Å². The number of aromatic nitrogens is 1. The van der Waals surface area contributed by atoms with E-state index < -0.39 is 0 Å². The van der Waals surface area contributed by atoms with Gasteiger partial charge in [0, 0.05) is 16.0 Å². The molecule has 2 N–H and O–H groups in total. The number of fused-ring (bicyclic) bond motifs is 1. The lowest BCUT2D eigenvalue weighted by atomic mass is 10.0. The van der Waals surface area contributed by atoms with E-state index in [0.717, 1.165) is 27.6 Å². The Labute approximate surface area is 171 Å². The van der Waals surface area contributed by atoms with E-state index in [1.807, 2.05) is 54.6 Å². The minimum absolute atomic E-state index is 0.351. The molecule has 1 heterocycles. The van der Waals surface area contributed by atoms with Crippen LogP contribution in [0.1, 0.15) is 16.1 Å². The zero-order chi connectivity index (χ0) is 19.5. The molecule has 1 aromatic heterocycles. The van der Waals surface area contributed by atoms with Gasteiger partial charge in [-0.15, -0.1) is 0 Å². The van der Waals surface area contributed by atoms with Gasteiger partial charge in [-0.05, 0) is 29.3 Å². The molecular formula is C22H15Cl2N3O. The van der Waals surface area contributed by atoms with Crippen molar-refractivity contribution in [1.82, 2.24) is 10.4 Å². The molecule has 0 fully saturated rings. The summed E-state index contributed by atoms with van der Waals surface area (Å²) in [6, 6.07) is 22.4. The van der Waals surface area contributed by atoms with E-state index in [1.165, 1.54) is 0 Å². The Morgan fingerprint density at radius 3 is 2.43 bits per heavy atom. The van der Waals surface area contributed by atoms with Crippen LogP contribution in [0.4, 0.5) is 0 Å². The highest BCUT2D eigenvalue weighted by Gasteiger charge is 2.20. The van der Waals surface area contributed by atoms with Gasteiger partial charge in [-0.1, -0.05) is 77.8 Å². The maximum Gasteiger partial charge on any atom is 0.288 e. The summed E-state index contributed by atoms with van der Waals surface area (Å²) in [4.78, 5) is 16.0. The van der Waals surface area contributed by atoms with Gasteiger partial charge in [0.15, 0.2) is 0 Å². The second-order valence-electron chi connectivity index (χ2n) is 6.15. The lowest BCUT2D eigenvalue weighted by Crippen LogP contribution is -2.18. The predicted molar refractivity (Wildman–Crippen MR) is 115 cm³/mol. The number of hydrogen-bond donors (Lipinski definition) is 2. The molecule has 0 saturated carbocycles. The lowest BCUT2D eigenvalue weighted by molar-refractivity contribution is 0.0951. The molecule has 0 unspecified atom stereocenters. The van der Waals surface area contributed by atoms with Crippen molar-refractivity contribution in [3.8, 4) is 11.1 Å². The molecular weight excluding hydrogens is 393 g/mol. The molecule has 0 aliphatic heterocycles. The number of amides is 1. The van der Waals surface area contributed by atoms with Crippen LogP contribution in [0.15, 0.2) is 77.9 Å². The summed E-state index contributed by atoms with van der Waals surface area (Å²) in [6.07, 6.45) is 1.56. The number of H-pyrrole nitrogens is 1. The first kappa shape index (κ1) is 18.3. The molecule has 0 aliphatic rings. The summed E-state index contributed by atoms with van der Waals surface area (Å²) >= 11 is 12.2. The SMILES string of the molecule is O=C(NN=Cc1ccc(Cl)cc1)c1[nH]c2c(Cl)cccc2c1-c1ccccc1. The van der Waals surface area contributed by atoms with Gasteiger partial charge in [0.1, 0.15) is 5.69 Å². The molecule has 4 nitrogen and oxygen atoms in total. The number of benzene rings is 3. The Bertz CT molecular complexity index is 1170. The Hall–Kier alpha value is -3.08. The summed E-state index contributed by atoms with van der Waals surface area (Å²) in [5, 5.41) is 6.13. The highest BCUT2D eigenvalue weighted by Crippen LogP contribution is 2.35. The molecule has 138 valence electrons. The summed E-state index contributed by atoms with van der Waals surface area (Å²) in [5.74, 6) is -0.351. The molecule has 4 aromatic rings. The molecule has 0 spiro atoms. The first-order valence-corrected chi connectivity index (χ1v) is 9.33. The Morgan fingerprint density at radius 2 is 1.68 bits per heavy atom.